The molecule has 0 bridgehead atoms. The Labute approximate surface area is 163 Å². The van der Waals surface area contributed by atoms with Gasteiger partial charge in [-0.3, -0.25) is 0 Å². The lowest BCUT2D eigenvalue weighted by Crippen LogP contribution is -2.36. The zero-order valence-electron chi connectivity index (χ0n) is 15.8. The molecule has 0 atom stereocenters. The summed E-state index contributed by atoms with van der Waals surface area (Å²) in [7, 11) is 0. The lowest BCUT2D eigenvalue weighted by Gasteiger charge is -2.29. The minimum Gasteiger partial charge on any atom is -0.378 e. The second-order valence-electron chi connectivity index (χ2n) is 6.64. The molecule has 3 aromatic rings. The number of thiazole rings is 1. The average Bonchev–Trinajstić information content (AvgIpc) is 3.02. The fourth-order valence-electron chi connectivity index (χ4n) is 3.24. The molecule has 1 aliphatic heterocycles. The van der Waals surface area contributed by atoms with Crippen LogP contribution in [0.1, 0.15) is 16.3 Å². The van der Waals surface area contributed by atoms with Crippen molar-refractivity contribution in [3.05, 3.63) is 46.7 Å². The SMILES string of the molecule is Cc1nc(C)c(-c2ccnc(Nc3ccc(N4CCOCC4)cc3C)n2)s1. The molecule has 4 rings (SSSR count). The Morgan fingerprint density at radius 3 is 2.59 bits per heavy atom. The summed E-state index contributed by atoms with van der Waals surface area (Å²) in [6.45, 7) is 9.58. The Bertz CT molecular complexity index is 949. The summed E-state index contributed by atoms with van der Waals surface area (Å²) >= 11 is 1.66. The maximum atomic E-state index is 5.44. The van der Waals surface area contributed by atoms with E-state index in [-0.39, 0.29) is 0 Å². The number of ether oxygens (including phenoxy) is 1. The average molecular weight is 382 g/mol. The summed E-state index contributed by atoms with van der Waals surface area (Å²) in [5.74, 6) is 0.597. The predicted octanol–water partition coefficient (Wildman–Crippen LogP) is 4.11. The van der Waals surface area contributed by atoms with E-state index in [0.29, 0.717) is 5.95 Å². The third kappa shape index (κ3) is 3.94. The summed E-state index contributed by atoms with van der Waals surface area (Å²) in [5, 5.41) is 4.40. The number of aromatic nitrogens is 3. The van der Waals surface area contributed by atoms with Crippen LogP contribution < -0.4 is 10.2 Å². The standard InChI is InChI=1S/C20H23N5OS/c1-13-12-16(25-8-10-26-11-9-25)4-5-17(13)23-20-21-7-6-18(24-20)19-14(2)22-15(3)27-19/h4-7,12H,8-11H2,1-3H3,(H,21,23,24). The van der Waals surface area contributed by atoms with Crippen molar-refractivity contribution in [2.75, 3.05) is 36.5 Å². The molecule has 3 heterocycles. The van der Waals surface area contributed by atoms with Gasteiger partial charge in [0.1, 0.15) is 0 Å². The highest BCUT2D eigenvalue weighted by atomic mass is 32.1. The topological polar surface area (TPSA) is 63.2 Å². The normalized spacial score (nSPS) is 14.4. The van der Waals surface area contributed by atoms with E-state index in [1.807, 2.05) is 19.9 Å². The van der Waals surface area contributed by atoms with E-state index in [1.165, 1.54) is 5.69 Å². The molecule has 0 spiro atoms. The molecular formula is C20H23N5OS. The molecule has 2 aromatic heterocycles. The highest BCUT2D eigenvalue weighted by molar-refractivity contribution is 7.15. The van der Waals surface area contributed by atoms with Crippen LogP contribution >= 0.6 is 11.3 Å². The van der Waals surface area contributed by atoms with E-state index in [0.717, 1.165) is 58.8 Å². The van der Waals surface area contributed by atoms with Gasteiger partial charge in [-0.15, -0.1) is 11.3 Å². The molecule has 1 aliphatic rings. The van der Waals surface area contributed by atoms with Crippen LogP contribution in [0.5, 0.6) is 0 Å². The summed E-state index contributed by atoms with van der Waals surface area (Å²) in [6.07, 6.45) is 1.79. The van der Waals surface area contributed by atoms with E-state index in [4.69, 9.17) is 4.74 Å². The molecule has 140 valence electrons. The largest absolute Gasteiger partial charge is 0.378 e. The molecule has 0 radical (unpaired) electrons. The van der Waals surface area contributed by atoms with E-state index in [2.05, 4.69) is 50.3 Å². The number of aryl methyl sites for hydroxylation is 3. The molecule has 0 aliphatic carbocycles. The minimum atomic E-state index is 0.597. The van der Waals surface area contributed by atoms with Crippen molar-refractivity contribution in [3.63, 3.8) is 0 Å². The van der Waals surface area contributed by atoms with E-state index in [1.54, 1.807) is 17.5 Å². The number of nitrogens with one attached hydrogen (secondary N) is 1. The fraction of sp³-hybridized carbons (Fsp3) is 0.350. The van der Waals surface area contributed by atoms with Crippen molar-refractivity contribution in [3.8, 4) is 10.6 Å². The van der Waals surface area contributed by atoms with E-state index in [9.17, 15) is 0 Å². The van der Waals surface area contributed by atoms with Crippen LogP contribution in [0.15, 0.2) is 30.5 Å². The van der Waals surface area contributed by atoms with Gasteiger partial charge < -0.3 is 15.0 Å². The van der Waals surface area contributed by atoms with Crippen LogP contribution in [0.2, 0.25) is 0 Å². The Hall–Kier alpha value is -2.51. The number of benzene rings is 1. The van der Waals surface area contributed by atoms with Crippen molar-refractivity contribution < 1.29 is 4.74 Å². The molecule has 7 heteroatoms. The number of hydrogen-bond acceptors (Lipinski definition) is 7. The minimum absolute atomic E-state index is 0.597. The Morgan fingerprint density at radius 1 is 1.07 bits per heavy atom. The van der Waals surface area contributed by atoms with E-state index < -0.39 is 0 Å². The van der Waals surface area contributed by atoms with Crippen molar-refractivity contribution >= 4 is 28.7 Å². The van der Waals surface area contributed by atoms with Gasteiger partial charge in [-0.1, -0.05) is 0 Å². The predicted molar refractivity (Wildman–Crippen MR) is 110 cm³/mol. The van der Waals surface area contributed by atoms with Crippen LogP contribution in [0.3, 0.4) is 0 Å². The second kappa shape index (κ2) is 7.62. The molecule has 0 saturated carbocycles. The van der Waals surface area contributed by atoms with Gasteiger partial charge in [0, 0.05) is 30.7 Å². The number of morpholine rings is 1. The van der Waals surface area contributed by atoms with Crippen LogP contribution in [0.25, 0.3) is 10.6 Å². The summed E-state index contributed by atoms with van der Waals surface area (Å²) in [5.41, 5.74) is 5.32. The highest BCUT2D eigenvalue weighted by Gasteiger charge is 2.13. The third-order valence-electron chi connectivity index (χ3n) is 4.62. The van der Waals surface area contributed by atoms with Crippen molar-refractivity contribution in [2.24, 2.45) is 0 Å². The van der Waals surface area contributed by atoms with Crippen molar-refractivity contribution in [2.45, 2.75) is 20.8 Å². The van der Waals surface area contributed by atoms with Crippen LogP contribution in [-0.2, 0) is 4.74 Å². The molecule has 6 nitrogen and oxygen atoms in total. The lowest BCUT2D eigenvalue weighted by atomic mass is 10.1. The molecule has 27 heavy (non-hydrogen) atoms. The Kier molecular flexibility index (Phi) is 5.05. The zero-order chi connectivity index (χ0) is 18.8. The molecule has 1 fully saturated rings. The van der Waals surface area contributed by atoms with Crippen molar-refractivity contribution in [1.29, 1.82) is 0 Å². The van der Waals surface area contributed by atoms with E-state index >= 15 is 0 Å². The smallest absolute Gasteiger partial charge is 0.227 e. The lowest BCUT2D eigenvalue weighted by molar-refractivity contribution is 0.122. The maximum absolute atomic E-state index is 5.44. The molecule has 1 N–H and O–H groups in total. The highest BCUT2D eigenvalue weighted by Crippen LogP contribution is 2.29. The molecule has 1 saturated heterocycles. The van der Waals surface area contributed by atoms with Crippen LogP contribution in [0, 0.1) is 20.8 Å². The fourth-order valence-corrected chi connectivity index (χ4v) is 4.13. The van der Waals surface area contributed by atoms with Gasteiger partial charge in [0.25, 0.3) is 0 Å². The summed E-state index contributed by atoms with van der Waals surface area (Å²) in [4.78, 5) is 17.0. The van der Waals surface area contributed by atoms with Gasteiger partial charge in [0.2, 0.25) is 5.95 Å². The van der Waals surface area contributed by atoms with Gasteiger partial charge in [0.15, 0.2) is 0 Å². The first kappa shape index (κ1) is 17.9. The number of hydrogen-bond donors (Lipinski definition) is 1. The number of nitrogens with zero attached hydrogens (tertiary/aromatic N) is 4. The van der Waals surface area contributed by atoms with Crippen LogP contribution in [-0.4, -0.2) is 41.3 Å². The van der Waals surface area contributed by atoms with Gasteiger partial charge >= 0.3 is 0 Å². The monoisotopic (exact) mass is 381 g/mol. The Balaban J connectivity index is 1.55. The third-order valence-corrected chi connectivity index (χ3v) is 5.72. The van der Waals surface area contributed by atoms with Crippen LogP contribution in [0.4, 0.5) is 17.3 Å². The summed E-state index contributed by atoms with van der Waals surface area (Å²) < 4.78 is 5.44. The summed E-state index contributed by atoms with van der Waals surface area (Å²) in [6, 6.07) is 8.37. The van der Waals surface area contributed by atoms with Gasteiger partial charge in [-0.05, 0) is 50.6 Å². The maximum Gasteiger partial charge on any atom is 0.227 e. The Morgan fingerprint density at radius 2 is 1.89 bits per heavy atom. The van der Waals surface area contributed by atoms with Crippen molar-refractivity contribution in [1.82, 2.24) is 15.0 Å². The van der Waals surface area contributed by atoms with Gasteiger partial charge in [-0.2, -0.15) is 0 Å². The molecular weight excluding hydrogens is 358 g/mol. The first-order chi connectivity index (χ1) is 13.1. The second-order valence-corrected chi connectivity index (χ2v) is 7.84. The van der Waals surface area contributed by atoms with Gasteiger partial charge in [-0.25, -0.2) is 15.0 Å². The first-order valence-electron chi connectivity index (χ1n) is 9.08. The molecule has 1 aromatic carbocycles. The molecule has 0 unspecified atom stereocenters. The quantitative estimate of drug-likeness (QED) is 0.734. The number of anilines is 3. The molecule has 0 amide bonds. The number of rotatable bonds is 4. The zero-order valence-corrected chi connectivity index (χ0v) is 16.6. The van der Waals surface area contributed by atoms with Gasteiger partial charge in [0.05, 0.1) is 34.5 Å². The first-order valence-corrected chi connectivity index (χ1v) is 9.89.